The van der Waals surface area contributed by atoms with E-state index in [-0.39, 0.29) is 6.04 Å². The molecule has 3 heteroatoms. The van der Waals surface area contributed by atoms with Gasteiger partial charge in [-0.25, -0.2) is 0 Å². The number of nitrogens with zero attached hydrogens (tertiary/aromatic N) is 1. The third-order valence-corrected chi connectivity index (χ3v) is 1.65. The number of hydrogen-bond donors (Lipinski definition) is 2. The van der Waals surface area contributed by atoms with E-state index in [9.17, 15) is 0 Å². The van der Waals surface area contributed by atoms with Crippen LogP contribution in [0.25, 0.3) is 0 Å². The Kier molecular flexibility index (Phi) is 1.51. The lowest BCUT2D eigenvalue weighted by molar-refractivity contribution is 0.0460. The van der Waals surface area contributed by atoms with Crippen LogP contribution in [0, 0.1) is 0 Å². The van der Waals surface area contributed by atoms with Crippen molar-refractivity contribution >= 4 is 0 Å². The quantitative estimate of drug-likeness (QED) is 0.425. The highest BCUT2D eigenvalue weighted by Gasteiger charge is 2.25. The molecule has 1 rings (SSSR count). The molecule has 0 amide bonds. The van der Waals surface area contributed by atoms with Crippen LogP contribution in [0.15, 0.2) is 0 Å². The predicted molar refractivity (Wildman–Crippen MR) is 31.2 cm³/mol. The van der Waals surface area contributed by atoms with Gasteiger partial charge < -0.3 is 10.8 Å². The Morgan fingerprint density at radius 1 is 1.75 bits per heavy atom. The van der Waals surface area contributed by atoms with E-state index in [1.54, 1.807) is 0 Å². The summed E-state index contributed by atoms with van der Waals surface area (Å²) in [7, 11) is 1.87. The summed E-state index contributed by atoms with van der Waals surface area (Å²) in [5.41, 5.74) is 5.48. The van der Waals surface area contributed by atoms with Crippen LogP contribution in [-0.4, -0.2) is 35.9 Å². The highest BCUT2D eigenvalue weighted by molar-refractivity contribution is 4.79. The Morgan fingerprint density at radius 2 is 2.38 bits per heavy atom. The summed E-state index contributed by atoms with van der Waals surface area (Å²) in [5.74, 6) is 0. The smallest absolute Gasteiger partial charge is 0.122 e. The highest BCUT2D eigenvalue weighted by Crippen LogP contribution is 2.09. The molecule has 0 aliphatic carbocycles. The van der Waals surface area contributed by atoms with Crippen molar-refractivity contribution in [2.45, 2.75) is 18.7 Å². The van der Waals surface area contributed by atoms with Crippen molar-refractivity contribution in [1.82, 2.24) is 4.90 Å². The van der Waals surface area contributed by atoms with Crippen molar-refractivity contribution in [2.24, 2.45) is 5.73 Å². The van der Waals surface area contributed by atoms with Gasteiger partial charge in [-0.3, -0.25) is 4.90 Å². The van der Waals surface area contributed by atoms with Gasteiger partial charge in [0.15, 0.2) is 0 Å². The maximum Gasteiger partial charge on any atom is 0.122 e. The monoisotopic (exact) mass is 116 g/mol. The first-order valence-electron chi connectivity index (χ1n) is 2.85. The molecule has 2 atom stereocenters. The molecule has 1 unspecified atom stereocenters. The van der Waals surface area contributed by atoms with Crippen LogP contribution in [0.2, 0.25) is 0 Å². The molecule has 0 aromatic carbocycles. The van der Waals surface area contributed by atoms with Crippen LogP contribution >= 0.6 is 0 Å². The molecule has 1 aliphatic rings. The van der Waals surface area contributed by atoms with Crippen LogP contribution in [0.1, 0.15) is 6.42 Å². The zero-order valence-corrected chi connectivity index (χ0v) is 5.04. The number of aliphatic hydroxyl groups is 1. The average molecular weight is 116 g/mol. The molecule has 1 fully saturated rings. The van der Waals surface area contributed by atoms with Crippen LogP contribution in [0.5, 0.6) is 0 Å². The van der Waals surface area contributed by atoms with Gasteiger partial charge in [0.1, 0.15) is 6.23 Å². The van der Waals surface area contributed by atoms with Gasteiger partial charge in [-0.1, -0.05) is 0 Å². The van der Waals surface area contributed by atoms with Gasteiger partial charge in [0.2, 0.25) is 0 Å². The maximum absolute atomic E-state index is 9.07. The van der Waals surface area contributed by atoms with Crippen molar-refractivity contribution in [1.29, 1.82) is 0 Å². The number of nitrogens with two attached hydrogens (primary N) is 1. The zero-order valence-electron chi connectivity index (χ0n) is 5.04. The summed E-state index contributed by atoms with van der Waals surface area (Å²) in [6, 6.07) is -0.0278. The summed E-state index contributed by atoms with van der Waals surface area (Å²) < 4.78 is 0. The number of hydrogen-bond acceptors (Lipinski definition) is 3. The van der Waals surface area contributed by atoms with E-state index in [1.165, 1.54) is 0 Å². The van der Waals surface area contributed by atoms with Crippen molar-refractivity contribution in [3.8, 4) is 0 Å². The van der Waals surface area contributed by atoms with Crippen molar-refractivity contribution in [3.05, 3.63) is 0 Å². The van der Waals surface area contributed by atoms with Gasteiger partial charge in [0.05, 0.1) is 0 Å². The van der Waals surface area contributed by atoms with E-state index in [4.69, 9.17) is 10.8 Å². The highest BCUT2D eigenvalue weighted by atomic mass is 16.3. The third-order valence-electron chi connectivity index (χ3n) is 1.65. The topological polar surface area (TPSA) is 49.5 Å². The van der Waals surface area contributed by atoms with Gasteiger partial charge in [-0.2, -0.15) is 0 Å². The summed E-state index contributed by atoms with van der Waals surface area (Å²) in [5, 5.41) is 9.07. The van der Waals surface area contributed by atoms with E-state index in [0.29, 0.717) is 0 Å². The second-order valence-corrected chi connectivity index (χ2v) is 2.35. The van der Waals surface area contributed by atoms with Crippen LogP contribution in [0.4, 0.5) is 0 Å². The molecule has 3 nitrogen and oxygen atoms in total. The zero-order chi connectivity index (χ0) is 6.15. The second kappa shape index (κ2) is 2.01. The van der Waals surface area contributed by atoms with Gasteiger partial charge in [0, 0.05) is 12.6 Å². The van der Waals surface area contributed by atoms with Gasteiger partial charge in [-0.05, 0) is 13.5 Å². The molecule has 1 saturated heterocycles. The van der Waals surface area contributed by atoms with Gasteiger partial charge in [-0.15, -0.1) is 0 Å². The lowest BCUT2D eigenvalue weighted by Crippen LogP contribution is -2.36. The van der Waals surface area contributed by atoms with Crippen molar-refractivity contribution < 1.29 is 5.11 Å². The lowest BCUT2D eigenvalue weighted by atomic mass is 10.3. The Bertz CT molecular complexity index is 76.5. The minimum atomic E-state index is -0.407. The lowest BCUT2D eigenvalue weighted by Gasteiger charge is -2.14. The van der Waals surface area contributed by atoms with E-state index >= 15 is 0 Å². The standard InChI is InChI=1S/C5H12N2O/c1-7-3-2-4(6)5(7)8/h4-5,8H,2-3,6H2,1H3/t4-,5?/m0/s1. The summed E-state index contributed by atoms with van der Waals surface area (Å²) in [6.07, 6.45) is 0.507. The van der Waals surface area contributed by atoms with E-state index in [1.807, 2.05) is 11.9 Å². The minimum absolute atomic E-state index is 0.0278. The Morgan fingerprint density at radius 3 is 2.50 bits per heavy atom. The van der Waals surface area contributed by atoms with E-state index in [2.05, 4.69) is 0 Å². The molecule has 0 aromatic heterocycles. The predicted octanol–water partition coefficient (Wildman–Crippen LogP) is -1.03. The number of rotatable bonds is 0. The van der Waals surface area contributed by atoms with Crippen LogP contribution < -0.4 is 5.73 Å². The number of aliphatic hydroxyl groups excluding tert-OH is 1. The fourth-order valence-corrected chi connectivity index (χ4v) is 0.961. The fraction of sp³-hybridized carbons (Fsp3) is 1.00. The Labute approximate surface area is 49.1 Å². The average Bonchev–Trinajstić information content (AvgIpc) is 1.98. The first kappa shape index (κ1) is 6.01. The third kappa shape index (κ3) is 0.844. The Hall–Kier alpha value is -0.120. The van der Waals surface area contributed by atoms with Crippen LogP contribution in [-0.2, 0) is 0 Å². The summed E-state index contributed by atoms with van der Waals surface area (Å²) in [4.78, 5) is 1.85. The Balaban J connectivity index is 2.44. The molecule has 8 heavy (non-hydrogen) atoms. The molecular formula is C5H12N2O. The minimum Gasteiger partial charge on any atom is -0.377 e. The molecule has 1 aliphatic heterocycles. The van der Waals surface area contributed by atoms with E-state index in [0.717, 1.165) is 13.0 Å². The molecule has 0 aromatic rings. The molecule has 1 heterocycles. The van der Waals surface area contributed by atoms with Gasteiger partial charge in [0.25, 0.3) is 0 Å². The van der Waals surface area contributed by atoms with Crippen molar-refractivity contribution in [3.63, 3.8) is 0 Å². The summed E-state index contributed by atoms with van der Waals surface area (Å²) in [6.45, 7) is 0.919. The first-order valence-corrected chi connectivity index (χ1v) is 2.85. The molecule has 3 N–H and O–H groups in total. The first-order chi connectivity index (χ1) is 3.72. The molecular weight excluding hydrogens is 104 g/mol. The van der Waals surface area contributed by atoms with Crippen molar-refractivity contribution in [2.75, 3.05) is 13.6 Å². The fourth-order valence-electron chi connectivity index (χ4n) is 0.961. The molecule has 0 bridgehead atoms. The van der Waals surface area contributed by atoms with E-state index < -0.39 is 6.23 Å². The molecule has 0 spiro atoms. The number of likely N-dealkylation sites (N-methyl/N-ethyl adjacent to an activating group) is 1. The number of likely N-dealkylation sites (tertiary alicyclic amines) is 1. The SMILES string of the molecule is CN1CC[C@H](N)C1O. The normalized spacial score (nSPS) is 40.9. The second-order valence-electron chi connectivity index (χ2n) is 2.35. The maximum atomic E-state index is 9.07. The summed E-state index contributed by atoms with van der Waals surface area (Å²) >= 11 is 0. The molecule has 48 valence electrons. The largest absolute Gasteiger partial charge is 0.377 e. The van der Waals surface area contributed by atoms with Crippen LogP contribution in [0.3, 0.4) is 0 Å². The van der Waals surface area contributed by atoms with Gasteiger partial charge >= 0.3 is 0 Å². The molecule has 0 saturated carbocycles. The molecule has 0 radical (unpaired) electrons.